The number of halogens is 1. The van der Waals surface area contributed by atoms with Gasteiger partial charge in [0, 0.05) is 16.3 Å². The van der Waals surface area contributed by atoms with Crippen LogP contribution in [0.25, 0.3) is 0 Å². The predicted octanol–water partition coefficient (Wildman–Crippen LogP) is 2.78. The van der Waals surface area contributed by atoms with Gasteiger partial charge in [-0.2, -0.15) is 0 Å². The van der Waals surface area contributed by atoms with Crippen LogP contribution in [0, 0.1) is 11.8 Å². The quantitative estimate of drug-likeness (QED) is 0.680. The van der Waals surface area contributed by atoms with Gasteiger partial charge in [-0.3, -0.25) is 19.3 Å². The highest BCUT2D eigenvalue weighted by Crippen LogP contribution is 2.38. The van der Waals surface area contributed by atoms with E-state index in [1.165, 1.54) is 11.8 Å². The van der Waals surface area contributed by atoms with E-state index < -0.39 is 0 Å². The molecule has 5 nitrogen and oxygen atoms in total. The van der Waals surface area contributed by atoms with Crippen LogP contribution in [-0.4, -0.2) is 29.2 Å². The molecule has 1 heterocycles. The summed E-state index contributed by atoms with van der Waals surface area (Å²) in [6.45, 7) is 1.59. The van der Waals surface area contributed by atoms with Crippen LogP contribution in [-0.2, 0) is 9.59 Å². The lowest BCUT2D eigenvalue weighted by Gasteiger charge is -2.17. The third kappa shape index (κ3) is 3.01. The molecule has 0 radical (unpaired) electrons. The lowest BCUT2D eigenvalue weighted by atomic mass is 9.85. The first-order chi connectivity index (χ1) is 11.0. The molecule has 0 saturated carbocycles. The second kappa shape index (κ2) is 6.16. The number of benzene rings is 1. The minimum absolute atomic E-state index is 0.0336. The molecule has 0 bridgehead atoms. The van der Waals surface area contributed by atoms with E-state index in [0.29, 0.717) is 29.1 Å². The molecule has 0 aromatic heterocycles. The lowest BCUT2D eigenvalue weighted by Crippen LogP contribution is -2.35. The Morgan fingerprint density at radius 3 is 2.78 bits per heavy atom. The summed E-state index contributed by atoms with van der Waals surface area (Å²) in [6.07, 6.45) is 2.78. The van der Waals surface area contributed by atoms with Crippen molar-refractivity contribution in [1.82, 2.24) is 4.90 Å². The Morgan fingerprint density at radius 1 is 1.30 bits per heavy atom. The van der Waals surface area contributed by atoms with E-state index in [-0.39, 0.29) is 36.1 Å². The molecule has 6 heteroatoms. The number of likely N-dealkylation sites (tertiary alicyclic amines) is 1. The van der Waals surface area contributed by atoms with Gasteiger partial charge < -0.3 is 5.32 Å². The van der Waals surface area contributed by atoms with Gasteiger partial charge in [0.15, 0.2) is 5.78 Å². The number of imide groups is 1. The highest BCUT2D eigenvalue weighted by molar-refractivity contribution is 6.30. The van der Waals surface area contributed by atoms with Crippen molar-refractivity contribution in [3.8, 4) is 0 Å². The molecule has 1 aromatic carbocycles. The van der Waals surface area contributed by atoms with E-state index in [1.807, 2.05) is 6.08 Å². The summed E-state index contributed by atoms with van der Waals surface area (Å²) in [5.74, 6) is -1.01. The fraction of sp³-hybridized carbons (Fsp3) is 0.353. The molecule has 1 fully saturated rings. The van der Waals surface area contributed by atoms with Crippen molar-refractivity contribution in [2.24, 2.45) is 11.8 Å². The SMILES string of the molecule is CC(=O)c1cccc(NCN2C(=O)[C@H]3CC(Cl)=CC[C@H]3C2=O)c1. The molecule has 1 N–H and O–H groups in total. The Kier molecular flexibility index (Phi) is 4.22. The molecule has 2 atom stereocenters. The number of ketones is 1. The summed E-state index contributed by atoms with van der Waals surface area (Å²) < 4.78 is 0. The van der Waals surface area contributed by atoms with Gasteiger partial charge in [0.1, 0.15) is 0 Å². The lowest BCUT2D eigenvalue weighted by molar-refractivity contribution is -0.139. The Hall–Kier alpha value is -2.14. The molecule has 0 spiro atoms. The highest BCUT2D eigenvalue weighted by Gasteiger charge is 2.48. The first-order valence-electron chi connectivity index (χ1n) is 7.52. The summed E-state index contributed by atoms with van der Waals surface area (Å²) in [5.41, 5.74) is 1.28. The Balaban J connectivity index is 1.69. The average Bonchev–Trinajstić information content (AvgIpc) is 2.76. The number of amides is 2. The number of hydrogen-bond donors (Lipinski definition) is 1. The first-order valence-corrected chi connectivity index (χ1v) is 7.90. The number of nitrogens with zero attached hydrogens (tertiary/aromatic N) is 1. The highest BCUT2D eigenvalue weighted by atomic mass is 35.5. The molecule has 2 amide bonds. The van der Waals surface area contributed by atoms with Crippen LogP contribution >= 0.6 is 11.6 Å². The van der Waals surface area contributed by atoms with Crippen LogP contribution in [0.2, 0.25) is 0 Å². The number of carbonyl (C=O) groups excluding carboxylic acids is 3. The number of anilines is 1. The molecule has 2 aliphatic rings. The molecular formula is C17H17ClN2O3. The fourth-order valence-corrected chi connectivity index (χ4v) is 3.33. The summed E-state index contributed by atoms with van der Waals surface area (Å²) in [6, 6.07) is 6.99. The van der Waals surface area contributed by atoms with Crippen LogP contribution in [0.3, 0.4) is 0 Å². The van der Waals surface area contributed by atoms with Crippen molar-refractivity contribution in [3.05, 3.63) is 40.9 Å². The number of nitrogens with one attached hydrogen (secondary N) is 1. The molecule has 1 aliphatic carbocycles. The van der Waals surface area contributed by atoms with Crippen LogP contribution in [0.15, 0.2) is 35.4 Å². The molecule has 120 valence electrons. The van der Waals surface area contributed by atoms with Crippen molar-refractivity contribution >= 4 is 34.9 Å². The predicted molar refractivity (Wildman–Crippen MR) is 86.9 cm³/mol. The Morgan fingerprint density at radius 2 is 2.04 bits per heavy atom. The van der Waals surface area contributed by atoms with E-state index in [2.05, 4.69) is 5.32 Å². The van der Waals surface area contributed by atoms with Gasteiger partial charge in [-0.1, -0.05) is 29.8 Å². The Bertz CT molecular complexity index is 714. The van der Waals surface area contributed by atoms with Crippen LogP contribution in [0.5, 0.6) is 0 Å². The Labute approximate surface area is 139 Å². The molecule has 23 heavy (non-hydrogen) atoms. The monoisotopic (exact) mass is 332 g/mol. The molecule has 1 aromatic rings. The molecule has 1 aliphatic heterocycles. The summed E-state index contributed by atoms with van der Waals surface area (Å²) in [7, 11) is 0. The van der Waals surface area contributed by atoms with Gasteiger partial charge in [0.25, 0.3) is 0 Å². The minimum atomic E-state index is -0.342. The van der Waals surface area contributed by atoms with E-state index in [0.717, 1.165) is 0 Å². The maximum Gasteiger partial charge on any atom is 0.234 e. The fourth-order valence-electron chi connectivity index (χ4n) is 3.07. The van der Waals surface area contributed by atoms with Crippen LogP contribution < -0.4 is 5.32 Å². The standard InChI is InChI=1S/C17H17ClN2O3/c1-10(21)11-3-2-4-13(7-11)19-9-20-16(22)14-6-5-12(18)8-15(14)17(20)23/h2-5,7,14-15,19H,6,8-9H2,1H3/t14-,15+/m1/s1. The molecule has 3 rings (SSSR count). The summed E-state index contributed by atoms with van der Waals surface area (Å²) >= 11 is 6.00. The van der Waals surface area contributed by atoms with Crippen LogP contribution in [0.4, 0.5) is 5.69 Å². The summed E-state index contributed by atoms with van der Waals surface area (Å²) in [4.78, 5) is 37.5. The van der Waals surface area contributed by atoms with E-state index in [1.54, 1.807) is 24.3 Å². The van der Waals surface area contributed by atoms with Crippen molar-refractivity contribution in [3.63, 3.8) is 0 Å². The molecular weight excluding hydrogens is 316 g/mol. The van der Waals surface area contributed by atoms with Crippen molar-refractivity contribution in [2.75, 3.05) is 12.0 Å². The van der Waals surface area contributed by atoms with Gasteiger partial charge in [0.2, 0.25) is 11.8 Å². The van der Waals surface area contributed by atoms with Gasteiger partial charge in [-0.15, -0.1) is 0 Å². The second-order valence-corrected chi connectivity index (χ2v) is 6.37. The maximum absolute atomic E-state index is 12.4. The maximum atomic E-state index is 12.4. The zero-order chi connectivity index (χ0) is 16.6. The molecule has 1 saturated heterocycles. The van der Waals surface area contributed by atoms with Gasteiger partial charge in [0.05, 0.1) is 18.5 Å². The van der Waals surface area contributed by atoms with Crippen molar-refractivity contribution in [1.29, 1.82) is 0 Å². The van der Waals surface area contributed by atoms with Gasteiger partial charge >= 0.3 is 0 Å². The average molecular weight is 333 g/mol. The number of Topliss-reactive ketones (excluding diaryl/α,β-unsaturated/α-hetero) is 1. The van der Waals surface area contributed by atoms with E-state index in [4.69, 9.17) is 11.6 Å². The number of hydrogen-bond acceptors (Lipinski definition) is 4. The number of allylic oxidation sites excluding steroid dienone is 2. The third-order valence-corrected chi connectivity index (χ3v) is 4.68. The van der Waals surface area contributed by atoms with E-state index >= 15 is 0 Å². The minimum Gasteiger partial charge on any atom is -0.367 e. The van der Waals surface area contributed by atoms with Crippen LogP contribution in [0.1, 0.15) is 30.1 Å². The van der Waals surface area contributed by atoms with Gasteiger partial charge in [-0.05, 0) is 31.9 Å². The number of carbonyl (C=O) groups is 3. The third-order valence-electron chi connectivity index (χ3n) is 4.37. The normalized spacial score (nSPS) is 23.6. The molecule has 0 unspecified atom stereocenters. The topological polar surface area (TPSA) is 66.5 Å². The summed E-state index contributed by atoms with van der Waals surface area (Å²) in [5, 5.41) is 3.70. The second-order valence-electron chi connectivity index (χ2n) is 5.88. The van der Waals surface area contributed by atoms with E-state index in [9.17, 15) is 14.4 Å². The zero-order valence-corrected chi connectivity index (χ0v) is 13.5. The smallest absolute Gasteiger partial charge is 0.234 e. The zero-order valence-electron chi connectivity index (χ0n) is 12.7. The first kappa shape index (κ1) is 15.7. The van der Waals surface area contributed by atoms with Crippen molar-refractivity contribution < 1.29 is 14.4 Å². The van der Waals surface area contributed by atoms with Gasteiger partial charge in [-0.25, -0.2) is 0 Å². The van der Waals surface area contributed by atoms with Crippen molar-refractivity contribution in [2.45, 2.75) is 19.8 Å². The number of fused-ring (bicyclic) bond motifs is 1. The largest absolute Gasteiger partial charge is 0.367 e. The number of rotatable bonds is 4.